The van der Waals surface area contributed by atoms with Crippen LogP contribution in [0.2, 0.25) is 0 Å². The van der Waals surface area contributed by atoms with Crippen molar-refractivity contribution in [3.05, 3.63) is 16.8 Å². The maximum atomic E-state index is 9.20. The second-order valence-corrected chi connectivity index (χ2v) is 5.07. The van der Waals surface area contributed by atoms with Gasteiger partial charge in [-0.3, -0.25) is 0 Å². The molecule has 1 aromatic rings. The summed E-state index contributed by atoms with van der Waals surface area (Å²) >= 11 is 0. The zero-order valence-electron chi connectivity index (χ0n) is 11.7. The van der Waals surface area contributed by atoms with Gasteiger partial charge in [0.2, 0.25) is 0 Å². The van der Waals surface area contributed by atoms with Crippen LogP contribution in [0.4, 0.5) is 5.82 Å². The van der Waals surface area contributed by atoms with E-state index in [9.17, 15) is 5.26 Å². The molecule has 0 radical (unpaired) electrons. The standard InChI is InChI=1S/C14H21N5/c1-11-12(2)17-18-14(13(11)10-15)16-6-9-19-7-4-3-5-8-19/h3-9H2,1-2H3,(H,16,18). The molecule has 1 aliphatic heterocycles. The van der Waals surface area contributed by atoms with Crippen molar-refractivity contribution in [2.45, 2.75) is 33.1 Å². The molecule has 1 aromatic heterocycles. The first-order valence-corrected chi connectivity index (χ1v) is 6.92. The van der Waals surface area contributed by atoms with Crippen LogP contribution >= 0.6 is 0 Å². The molecule has 0 atom stereocenters. The molecule has 1 saturated heterocycles. The van der Waals surface area contributed by atoms with E-state index < -0.39 is 0 Å². The van der Waals surface area contributed by atoms with Crippen LogP contribution in [0, 0.1) is 25.2 Å². The van der Waals surface area contributed by atoms with E-state index in [0.717, 1.165) is 24.3 Å². The molecule has 0 amide bonds. The van der Waals surface area contributed by atoms with Crippen molar-refractivity contribution in [2.24, 2.45) is 0 Å². The molecular weight excluding hydrogens is 238 g/mol. The zero-order valence-corrected chi connectivity index (χ0v) is 11.7. The van der Waals surface area contributed by atoms with Crippen molar-refractivity contribution in [2.75, 3.05) is 31.5 Å². The Morgan fingerprint density at radius 1 is 1.21 bits per heavy atom. The lowest BCUT2D eigenvalue weighted by Crippen LogP contribution is -2.34. The van der Waals surface area contributed by atoms with Gasteiger partial charge < -0.3 is 10.2 Å². The van der Waals surface area contributed by atoms with E-state index in [2.05, 4.69) is 26.5 Å². The SMILES string of the molecule is Cc1nnc(NCCN2CCCCC2)c(C#N)c1C. The van der Waals surface area contributed by atoms with Crippen LogP contribution in [0.25, 0.3) is 0 Å². The van der Waals surface area contributed by atoms with E-state index in [1.165, 1.54) is 32.4 Å². The second kappa shape index (κ2) is 6.48. The molecule has 5 heteroatoms. The average Bonchev–Trinajstić information content (AvgIpc) is 2.44. The Kier molecular flexibility index (Phi) is 4.69. The number of nitriles is 1. The fourth-order valence-corrected chi connectivity index (χ4v) is 2.38. The predicted octanol–water partition coefficient (Wildman–Crippen LogP) is 1.86. The van der Waals surface area contributed by atoms with Gasteiger partial charge in [-0.2, -0.15) is 10.4 Å². The summed E-state index contributed by atoms with van der Waals surface area (Å²) in [5.41, 5.74) is 2.35. The number of likely N-dealkylation sites (tertiary alicyclic amines) is 1. The van der Waals surface area contributed by atoms with Gasteiger partial charge in [0.05, 0.1) is 5.69 Å². The van der Waals surface area contributed by atoms with Crippen molar-refractivity contribution in [1.29, 1.82) is 5.26 Å². The van der Waals surface area contributed by atoms with Crippen LogP contribution in [0.3, 0.4) is 0 Å². The van der Waals surface area contributed by atoms with Crippen LogP contribution in [-0.2, 0) is 0 Å². The molecule has 0 aromatic carbocycles. The van der Waals surface area contributed by atoms with E-state index in [1.54, 1.807) is 0 Å². The van der Waals surface area contributed by atoms with Gasteiger partial charge in [0.25, 0.3) is 0 Å². The Balaban J connectivity index is 1.92. The van der Waals surface area contributed by atoms with E-state index in [1.807, 2.05) is 13.8 Å². The molecule has 1 N–H and O–H groups in total. The third kappa shape index (κ3) is 3.42. The molecule has 19 heavy (non-hydrogen) atoms. The maximum Gasteiger partial charge on any atom is 0.166 e. The van der Waals surface area contributed by atoms with Crippen LogP contribution in [0.5, 0.6) is 0 Å². The highest BCUT2D eigenvalue weighted by Crippen LogP contribution is 2.16. The monoisotopic (exact) mass is 259 g/mol. The summed E-state index contributed by atoms with van der Waals surface area (Å²) in [5, 5.41) is 20.6. The first kappa shape index (κ1) is 13.8. The van der Waals surface area contributed by atoms with Gasteiger partial charge in [-0.05, 0) is 45.3 Å². The van der Waals surface area contributed by atoms with E-state index in [4.69, 9.17) is 0 Å². The zero-order chi connectivity index (χ0) is 13.7. The topological polar surface area (TPSA) is 64.8 Å². The number of nitrogens with one attached hydrogen (secondary N) is 1. The number of rotatable bonds is 4. The fraction of sp³-hybridized carbons (Fsp3) is 0.643. The largest absolute Gasteiger partial charge is 0.366 e. The Bertz CT molecular complexity index is 471. The Labute approximate surface area is 114 Å². The molecule has 0 saturated carbocycles. The molecule has 2 heterocycles. The van der Waals surface area contributed by atoms with Crippen LogP contribution in [0.1, 0.15) is 36.1 Å². The third-order valence-electron chi connectivity index (χ3n) is 3.74. The Hall–Kier alpha value is -1.67. The quantitative estimate of drug-likeness (QED) is 0.894. The molecular formula is C14H21N5. The number of hydrogen-bond donors (Lipinski definition) is 1. The Morgan fingerprint density at radius 2 is 1.95 bits per heavy atom. The number of hydrogen-bond acceptors (Lipinski definition) is 5. The average molecular weight is 259 g/mol. The molecule has 102 valence electrons. The first-order valence-electron chi connectivity index (χ1n) is 6.92. The minimum atomic E-state index is 0.614. The van der Waals surface area contributed by atoms with Crippen molar-refractivity contribution >= 4 is 5.82 Å². The van der Waals surface area contributed by atoms with Gasteiger partial charge in [-0.1, -0.05) is 6.42 Å². The number of aryl methyl sites for hydroxylation is 1. The normalized spacial score (nSPS) is 16.1. The smallest absolute Gasteiger partial charge is 0.166 e. The van der Waals surface area contributed by atoms with E-state index in [0.29, 0.717) is 11.4 Å². The van der Waals surface area contributed by atoms with Gasteiger partial charge in [-0.15, -0.1) is 5.10 Å². The van der Waals surface area contributed by atoms with E-state index >= 15 is 0 Å². The number of aromatic nitrogens is 2. The van der Waals surface area contributed by atoms with Crippen LogP contribution < -0.4 is 5.32 Å². The number of nitrogens with zero attached hydrogens (tertiary/aromatic N) is 4. The summed E-state index contributed by atoms with van der Waals surface area (Å²) in [6, 6.07) is 2.21. The van der Waals surface area contributed by atoms with Crippen LogP contribution in [0.15, 0.2) is 0 Å². The lowest BCUT2D eigenvalue weighted by atomic mass is 10.1. The third-order valence-corrected chi connectivity index (χ3v) is 3.74. The fourth-order valence-electron chi connectivity index (χ4n) is 2.38. The number of anilines is 1. The summed E-state index contributed by atoms with van der Waals surface area (Å²) < 4.78 is 0. The highest BCUT2D eigenvalue weighted by molar-refractivity contribution is 5.55. The van der Waals surface area contributed by atoms with Gasteiger partial charge >= 0.3 is 0 Å². The van der Waals surface area contributed by atoms with Gasteiger partial charge in [-0.25, -0.2) is 0 Å². The molecule has 1 fully saturated rings. The summed E-state index contributed by atoms with van der Waals surface area (Å²) in [7, 11) is 0. The van der Waals surface area contributed by atoms with Gasteiger partial charge in [0.15, 0.2) is 5.82 Å². The summed E-state index contributed by atoms with van der Waals surface area (Å²) in [6.07, 6.45) is 3.95. The molecule has 0 spiro atoms. The second-order valence-electron chi connectivity index (χ2n) is 5.07. The van der Waals surface area contributed by atoms with Crippen molar-refractivity contribution in [1.82, 2.24) is 15.1 Å². The summed E-state index contributed by atoms with van der Waals surface area (Å²) in [4.78, 5) is 2.46. The van der Waals surface area contributed by atoms with E-state index in [-0.39, 0.29) is 0 Å². The lowest BCUT2D eigenvalue weighted by molar-refractivity contribution is 0.237. The minimum Gasteiger partial charge on any atom is -0.366 e. The number of piperidine rings is 1. The molecule has 5 nitrogen and oxygen atoms in total. The summed E-state index contributed by atoms with van der Waals surface area (Å²) in [6.45, 7) is 7.97. The molecule has 2 rings (SSSR count). The molecule has 0 unspecified atom stereocenters. The first-order chi connectivity index (χ1) is 9.22. The summed E-state index contributed by atoms with van der Waals surface area (Å²) in [5.74, 6) is 0.614. The lowest BCUT2D eigenvalue weighted by Gasteiger charge is -2.26. The minimum absolute atomic E-state index is 0.614. The molecule has 0 bridgehead atoms. The predicted molar refractivity (Wildman–Crippen MR) is 75.0 cm³/mol. The molecule has 1 aliphatic rings. The van der Waals surface area contributed by atoms with Crippen molar-refractivity contribution in [3.63, 3.8) is 0 Å². The molecule has 0 aliphatic carbocycles. The van der Waals surface area contributed by atoms with Gasteiger partial charge in [0, 0.05) is 13.1 Å². The van der Waals surface area contributed by atoms with Crippen molar-refractivity contribution < 1.29 is 0 Å². The maximum absolute atomic E-state index is 9.20. The Morgan fingerprint density at radius 3 is 2.63 bits per heavy atom. The highest BCUT2D eigenvalue weighted by Gasteiger charge is 2.12. The van der Waals surface area contributed by atoms with Crippen LogP contribution in [-0.4, -0.2) is 41.3 Å². The van der Waals surface area contributed by atoms with Gasteiger partial charge in [0.1, 0.15) is 11.6 Å². The van der Waals surface area contributed by atoms with Crippen molar-refractivity contribution in [3.8, 4) is 6.07 Å². The highest BCUT2D eigenvalue weighted by atomic mass is 15.2.